The Morgan fingerprint density at radius 3 is 2.56 bits per heavy atom. The SMILES string of the molecule is CC1C(C(=O)O)CCN1C(=O)C1CCCC(N)C1. The van der Waals surface area contributed by atoms with Crippen LogP contribution < -0.4 is 5.73 Å². The van der Waals surface area contributed by atoms with Crippen LogP contribution in [0.1, 0.15) is 39.0 Å². The normalized spacial score (nSPS) is 36.7. The summed E-state index contributed by atoms with van der Waals surface area (Å²) in [6.07, 6.45) is 4.22. The van der Waals surface area contributed by atoms with E-state index in [1.54, 1.807) is 4.90 Å². The van der Waals surface area contributed by atoms with Crippen molar-refractivity contribution in [2.75, 3.05) is 6.54 Å². The van der Waals surface area contributed by atoms with Crippen molar-refractivity contribution in [1.29, 1.82) is 0 Å². The molecule has 0 radical (unpaired) electrons. The van der Waals surface area contributed by atoms with Crippen LogP contribution in [0.5, 0.6) is 0 Å². The van der Waals surface area contributed by atoms with E-state index in [1.807, 2.05) is 6.92 Å². The van der Waals surface area contributed by atoms with E-state index >= 15 is 0 Å². The summed E-state index contributed by atoms with van der Waals surface area (Å²) < 4.78 is 0. The fraction of sp³-hybridized carbons (Fsp3) is 0.846. The fourth-order valence-corrected chi connectivity index (χ4v) is 3.27. The topological polar surface area (TPSA) is 83.6 Å². The third-order valence-electron chi connectivity index (χ3n) is 4.42. The molecule has 1 saturated carbocycles. The van der Waals surface area contributed by atoms with Crippen molar-refractivity contribution >= 4 is 11.9 Å². The number of hydrogen-bond acceptors (Lipinski definition) is 3. The molecule has 18 heavy (non-hydrogen) atoms. The Hall–Kier alpha value is -1.10. The number of carboxylic acids is 1. The molecule has 0 aromatic carbocycles. The highest BCUT2D eigenvalue weighted by atomic mass is 16.4. The van der Waals surface area contributed by atoms with Crippen molar-refractivity contribution < 1.29 is 14.7 Å². The zero-order chi connectivity index (χ0) is 13.3. The van der Waals surface area contributed by atoms with E-state index in [1.165, 1.54) is 0 Å². The summed E-state index contributed by atoms with van der Waals surface area (Å²) in [5.41, 5.74) is 5.91. The minimum Gasteiger partial charge on any atom is -0.481 e. The first-order chi connectivity index (χ1) is 8.50. The number of nitrogens with two attached hydrogens (primary N) is 1. The summed E-state index contributed by atoms with van der Waals surface area (Å²) in [6, 6.07) is -0.0611. The molecule has 1 aliphatic carbocycles. The highest BCUT2D eigenvalue weighted by Crippen LogP contribution is 2.30. The van der Waals surface area contributed by atoms with Crippen LogP contribution >= 0.6 is 0 Å². The summed E-state index contributed by atoms with van der Waals surface area (Å²) in [7, 11) is 0. The predicted octanol–water partition coefficient (Wildman–Crippen LogP) is 0.825. The number of likely N-dealkylation sites (tertiary alicyclic amines) is 1. The molecule has 2 fully saturated rings. The molecule has 4 atom stereocenters. The second-order valence-electron chi connectivity index (χ2n) is 5.63. The molecule has 0 aromatic heterocycles. The third-order valence-corrected chi connectivity index (χ3v) is 4.42. The summed E-state index contributed by atoms with van der Waals surface area (Å²) >= 11 is 0. The lowest BCUT2D eigenvalue weighted by Gasteiger charge is -2.31. The molecule has 1 aliphatic heterocycles. The smallest absolute Gasteiger partial charge is 0.308 e. The molecule has 2 rings (SSSR count). The van der Waals surface area contributed by atoms with E-state index in [4.69, 9.17) is 10.8 Å². The maximum Gasteiger partial charge on any atom is 0.308 e. The van der Waals surface area contributed by atoms with E-state index < -0.39 is 11.9 Å². The van der Waals surface area contributed by atoms with E-state index in [9.17, 15) is 9.59 Å². The molecule has 2 aliphatic rings. The van der Waals surface area contributed by atoms with Gasteiger partial charge in [-0.3, -0.25) is 9.59 Å². The van der Waals surface area contributed by atoms with Gasteiger partial charge < -0.3 is 15.7 Å². The number of carbonyl (C=O) groups is 2. The first kappa shape index (κ1) is 13.3. The minimum absolute atomic E-state index is 0.00347. The first-order valence-electron chi connectivity index (χ1n) is 6.79. The summed E-state index contributed by atoms with van der Waals surface area (Å²) in [5, 5.41) is 9.08. The van der Waals surface area contributed by atoms with Crippen molar-refractivity contribution in [3.63, 3.8) is 0 Å². The Kier molecular flexibility index (Phi) is 3.90. The molecule has 0 bridgehead atoms. The van der Waals surface area contributed by atoms with Crippen molar-refractivity contribution in [2.24, 2.45) is 17.6 Å². The average Bonchev–Trinajstić information content (AvgIpc) is 2.70. The number of nitrogens with zero attached hydrogens (tertiary/aromatic N) is 1. The quantitative estimate of drug-likeness (QED) is 0.764. The van der Waals surface area contributed by atoms with Gasteiger partial charge in [0.05, 0.1) is 5.92 Å². The van der Waals surface area contributed by atoms with Gasteiger partial charge in [-0.25, -0.2) is 0 Å². The summed E-state index contributed by atoms with van der Waals surface area (Å²) in [6.45, 7) is 2.41. The molecule has 4 unspecified atom stereocenters. The van der Waals surface area contributed by atoms with Crippen molar-refractivity contribution in [1.82, 2.24) is 4.90 Å². The van der Waals surface area contributed by atoms with Gasteiger partial charge in [0, 0.05) is 24.5 Å². The first-order valence-corrected chi connectivity index (χ1v) is 6.79. The van der Waals surface area contributed by atoms with Gasteiger partial charge in [-0.1, -0.05) is 6.42 Å². The molecular weight excluding hydrogens is 232 g/mol. The number of amides is 1. The summed E-state index contributed by atoms with van der Waals surface area (Å²) in [5.74, 6) is -1.09. The molecular formula is C13H22N2O3. The Labute approximate surface area is 107 Å². The maximum atomic E-state index is 12.4. The van der Waals surface area contributed by atoms with E-state index in [0.29, 0.717) is 13.0 Å². The van der Waals surface area contributed by atoms with Crippen LogP contribution in [0.4, 0.5) is 0 Å². The van der Waals surface area contributed by atoms with Crippen molar-refractivity contribution in [3.8, 4) is 0 Å². The van der Waals surface area contributed by atoms with Crippen molar-refractivity contribution in [2.45, 2.75) is 51.1 Å². The van der Waals surface area contributed by atoms with Gasteiger partial charge in [0.15, 0.2) is 0 Å². The highest BCUT2D eigenvalue weighted by Gasteiger charge is 2.40. The number of hydrogen-bond donors (Lipinski definition) is 2. The average molecular weight is 254 g/mol. The van der Waals surface area contributed by atoms with Gasteiger partial charge in [-0.15, -0.1) is 0 Å². The number of rotatable bonds is 2. The maximum absolute atomic E-state index is 12.4. The zero-order valence-corrected chi connectivity index (χ0v) is 10.8. The molecule has 0 aromatic rings. The van der Waals surface area contributed by atoms with Crippen LogP contribution in [0.3, 0.4) is 0 Å². The Morgan fingerprint density at radius 2 is 2.00 bits per heavy atom. The van der Waals surface area contributed by atoms with Gasteiger partial charge >= 0.3 is 5.97 Å². The third kappa shape index (κ3) is 2.51. The lowest BCUT2D eigenvalue weighted by atomic mass is 9.85. The largest absolute Gasteiger partial charge is 0.481 e. The molecule has 1 heterocycles. The van der Waals surface area contributed by atoms with E-state index in [-0.39, 0.29) is 23.9 Å². The number of carboxylic acid groups (broad SMARTS) is 1. The Balaban J connectivity index is 1.99. The highest BCUT2D eigenvalue weighted by molar-refractivity contribution is 5.81. The van der Waals surface area contributed by atoms with Crippen LogP contribution in [0.15, 0.2) is 0 Å². The minimum atomic E-state index is -0.793. The van der Waals surface area contributed by atoms with Gasteiger partial charge in [0.1, 0.15) is 0 Å². The van der Waals surface area contributed by atoms with E-state index in [0.717, 1.165) is 25.7 Å². The molecule has 3 N–H and O–H groups in total. The molecule has 0 spiro atoms. The Bertz CT molecular complexity index is 345. The molecule has 102 valence electrons. The molecule has 1 saturated heterocycles. The number of carbonyl (C=O) groups excluding carboxylic acids is 1. The fourth-order valence-electron chi connectivity index (χ4n) is 3.27. The van der Waals surface area contributed by atoms with Crippen LogP contribution in [-0.4, -0.2) is 40.5 Å². The second kappa shape index (κ2) is 5.26. The van der Waals surface area contributed by atoms with Crippen molar-refractivity contribution in [3.05, 3.63) is 0 Å². The second-order valence-corrected chi connectivity index (χ2v) is 5.63. The van der Waals surface area contributed by atoms with Gasteiger partial charge in [0.25, 0.3) is 0 Å². The summed E-state index contributed by atoms with van der Waals surface area (Å²) in [4.78, 5) is 25.2. The standard InChI is InChI=1S/C13H22N2O3/c1-8-11(13(17)18)5-6-15(8)12(16)9-3-2-4-10(14)7-9/h8-11H,2-7,14H2,1H3,(H,17,18). The Morgan fingerprint density at radius 1 is 1.28 bits per heavy atom. The molecule has 5 nitrogen and oxygen atoms in total. The molecule has 5 heteroatoms. The van der Waals surface area contributed by atoms with Crippen LogP contribution in [0.2, 0.25) is 0 Å². The number of aliphatic carboxylic acids is 1. The van der Waals surface area contributed by atoms with Gasteiger partial charge in [-0.2, -0.15) is 0 Å². The lowest BCUT2D eigenvalue weighted by Crippen LogP contribution is -2.43. The zero-order valence-electron chi connectivity index (χ0n) is 10.8. The molecule has 1 amide bonds. The van der Waals surface area contributed by atoms with E-state index in [2.05, 4.69) is 0 Å². The van der Waals surface area contributed by atoms with Crippen LogP contribution in [0.25, 0.3) is 0 Å². The van der Waals surface area contributed by atoms with Gasteiger partial charge in [-0.05, 0) is 32.6 Å². The van der Waals surface area contributed by atoms with Crippen LogP contribution in [0, 0.1) is 11.8 Å². The predicted molar refractivity (Wildman–Crippen MR) is 66.9 cm³/mol. The lowest BCUT2D eigenvalue weighted by molar-refractivity contribution is -0.143. The van der Waals surface area contributed by atoms with Gasteiger partial charge in [0.2, 0.25) is 5.91 Å². The van der Waals surface area contributed by atoms with Crippen LogP contribution in [-0.2, 0) is 9.59 Å². The monoisotopic (exact) mass is 254 g/mol.